The zero-order valence-electron chi connectivity index (χ0n) is 13.0. The van der Waals surface area contributed by atoms with E-state index in [4.69, 9.17) is 0 Å². The molecule has 118 valence electrons. The Morgan fingerprint density at radius 3 is 2.60 bits per heavy atom. The van der Waals surface area contributed by atoms with Crippen LogP contribution < -0.4 is 10.6 Å². The van der Waals surface area contributed by atoms with Crippen LogP contribution in [0.4, 0.5) is 0 Å². The Hall–Kier alpha value is -0.620. The van der Waals surface area contributed by atoms with Gasteiger partial charge in [-0.15, -0.1) is 0 Å². The van der Waals surface area contributed by atoms with Gasteiger partial charge in [-0.05, 0) is 51.6 Å². The van der Waals surface area contributed by atoms with Crippen molar-refractivity contribution in [2.75, 3.05) is 25.9 Å². The monoisotopic (exact) mass is 304 g/mol. The van der Waals surface area contributed by atoms with E-state index in [-0.39, 0.29) is 12.5 Å². The van der Waals surface area contributed by atoms with Crippen molar-refractivity contribution in [2.24, 2.45) is 11.8 Å². The fraction of sp³-hybridized carbons (Fsp3) is 0.929. The van der Waals surface area contributed by atoms with Gasteiger partial charge in [0.2, 0.25) is 5.91 Å². The predicted molar refractivity (Wildman–Crippen MR) is 81.3 cm³/mol. The number of hydrogen-bond donors (Lipinski definition) is 2. The standard InChI is InChI=1S/C14H28N2O3S/c1-11(12-6-5-7-15-9-12)8-13(17)16-10-14(2,3)20(4,18)19/h11-12,15H,5-10H2,1-4H3,(H,16,17). The van der Waals surface area contributed by atoms with Gasteiger partial charge in [-0.25, -0.2) is 8.42 Å². The summed E-state index contributed by atoms with van der Waals surface area (Å²) in [4.78, 5) is 11.9. The largest absolute Gasteiger partial charge is 0.355 e. The molecule has 0 bridgehead atoms. The minimum Gasteiger partial charge on any atom is -0.355 e. The molecule has 1 aliphatic heterocycles. The molecule has 2 atom stereocenters. The molecule has 1 saturated heterocycles. The first-order valence-electron chi connectivity index (χ1n) is 7.30. The van der Waals surface area contributed by atoms with Gasteiger partial charge in [0, 0.05) is 19.2 Å². The highest BCUT2D eigenvalue weighted by atomic mass is 32.2. The van der Waals surface area contributed by atoms with Crippen LogP contribution in [0.25, 0.3) is 0 Å². The molecule has 2 N–H and O–H groups in total. The third-order valence-electron chi connectivity index (χ3n) is 4.36. The van der Waals surface area contributed by atoms with Crippen LogP contribution in [0.1, 0.15) is 40.0 Å². The lowest BCUT2D eigenvalue weighted by Crippen LogP contribution is -2.44. The van der Waals surface area contributed by atoms with Crippen molar-refractivity contribution in [3.8, 4) is 0 Å². The summed E-state index contributed by atoms with van der Waals surface area (Å²) in [6.45, 7) is 7.58. The van der Waals surface area contributed by atoms with Gasteiger partial charge in [-0.1, -0.05) is 6.92 Å². The molecule has 0 aromatic carbocycles. The number of carbonyl (C=O) groups excluding carboxylic acids is 1. The van der Waals surface area contributed by atoms with Crippen LogP contribution in [0.5, 0.6) is 0 Å². The number of rotatable bonds is 6. The quantitative estimate of drug-likeness (QED) is 0.766. The van der Waals surface area contributed by atoms with Crippen molar-refractivity contribution < 1.29 is 13.2 Å². The summed E-state index contributed by atoms with van der Waals surface area (Å²) < 4.78 is 22.2. The van der Waals surface area contributed by atoms with Gasteiger partial charge < -0.3 is 10.6 Å². The zero-order valence-corrected chi connectivity index (χ0v) is 13.8. The van der Waals surface area contributed by atoms with E-state index in [1.54, 1.807) is 13.8 Å². The molecule has 0 aliphatic carbocycles. The van der Waals surface area contributed by atoms with Gasteiger partial charge in [-0.2, -0.15) is 0 Å². The molecule has 0 spiro atoms. The Balaban J connectivity index is 2.40. The number of piperidine rings is 1. The fourth-order valence-electron chi connectivity index (χ4n) is 2.34. The first-order chi connectivity index (χ1) is 9.13. The van der Waals surface area contributed by atoms with Crippen molar-refractivity contribution in [3.63, 3.8) is 0 Å². The van der Waals surface area contributed by atoms with Crippen LogP contribution in [0.15, 0.2) is 0 Å². The molecule has 1 fully saturated rings. The number of amides is 1. The average molecular weight is 304 g/mol. The normalized spacial score (nSPS) is 22.3. The molecule has 0 aromatic rings. The smallest absolute Gasteiger partial charge is 0.220 e. The van der Waals surface area contributed by atoms with E-state index in [0.29, 0.717) is 18.3 Å². The predicted octanol–water partition coefficient (Wildman–Crippen LogP) is 0.952. The maximum atomic E-state index is 11.9. The number of sulfone groups is 1. The second-order valence-electron chi connectivity index (χ2n) is 6.60. The highest BCUT2D eigenvalue weighted by molar-refractivity contribution is 7.92. The SMILES string of the molecule is CC(CC(=O)NCC(C)(C)S(C)(=O)=O)C1CCCNC1. The van der Waals surface area contributed by atoms with E-state index in [9.17, 15) is 13.2 Å². The van der Waals surface area contributed by atoms with Crippen molar-refractivity contribution in [1.82, 2.24) is 10.6 Å². The molecular weight excluding hydrogens is 276 g/mol. The van der Waals surface area contributed by atoms with Crippen LogP contribution in [0, 0.1) is 11.8 Å². The minimum absolute atomic E-state index is 0.0557. The maximum Gasteiger partial charge on any atom is 0.220 e. The molecule has 1 heterocycles. The topological polar surface area (TPSA) is 75.3 Å². The van der Waals surface area contributed by atoms with Crippen LogP contribution >= 0.6 is 0 Å². The summed E-state index contributed by atoms with van der Waals surface area (Å²) in [5.41, 5.74) is 0. The maximum absolute atomic E-state index is 11.9. The second-order valence-corrected chi connectivity index (χ2v) is 9.25. The van der Waals surface area contributed by atoms with Crippen molar-refractivity contribution in [3.05, 3.63) is 0 Å². The number of hydrogen-bond acceptors (Lipinski definition) is 4. The lowest BCUT2D eigenvalue weighted by molar-refractivity contribution is -0.122. The van der Waals surface area contributed by atoms with Crippen molar-refractivity contribution in [1.29, 1.82) is 0 Å². The van der Waals surface area contributed by atoms with Gasteiger partial charge in [0.1, 0.15) is 0 Å². The minimum atomic E-state index is -3.17. The van der Waals surface area contributed by atoms with E-state index in [0.717, 1.165) is 25.9 Å². The molecule has 0 saturated carbocycles. The van der Waals surface area contributed by atoms with Crippen molar-refractivity contribution in [2.45, 2.75) is 44.8 Å². The summed E-state index contributed by atoms with van der Waals surface area (Å²) in [6.07, 6.45) is 4.00. The molecule has 2 unspecified atom stereocenters. The second kappa shape index (κ2) is 6.89. The number of carbonyl (C=O) groups is 1. The Kier molecular flexibility index (Phi) is 6.01. The highest BCUT2D eigenvalue weighted by Gasteiger charge is 2.31. The van der Waals surface area contributed by atoms with E-state index < -0.39 is 14.6 Å². The summed E-state index contributed by atoms with van der Waals surface area (Å²) >= 11 is 0. The summed E-state index contributed by atoms with van der Waals surface area (Å²) in [5, 5.41) is 6.12. The Bertz CT molecular complexity index is 426. The molecule has 1 aliphatic rings. The lowest BCUT2D eigenvalue weighted by atomic mass is 9.85. The molecule has 6 heteroatoms. The third-order valence-corrected chi connectivity index (χ3v) is 6.51. The van der Waals surface area contributed by atoms with E-state index >= 15 is 0 Å². The van der Waals surface area contributed by atoms with Gasteiger partial charge in [0.25, 0.3) is 0 Å². The van der Waals surface area contributed by atoms with Gasteiger partial charge >= 0.3 is 0 Å². The summed E-state index contributed by atoms with van der Waals surface area (Å²) in [6, 6.07) is 0. The average Bonchev–Trinajstić information content (AvgIpc) is 2.36. The molecule has 5 nitrogen and oxygen atoms in total. The Morgan fingerprint density at radius 2 is 2.10 bits per heavy atom. The first-order valence-corrected chi connectivity index (χ1v) is 9.19. The summed E-state index contributed by atoms with van der Waals surface area (Å²) in [7, 11) is -3.17. The van der Waals surface area contributed by atoms with Crippen LogP contribution in [-0.2, 0) is 14.6 Å². The van der Waals surface area contributed by atoms with E-state index in [2.05, 4.69) is 17.6 Å². The molecule has 1 amide bonds. The van der Waals surface area contributed by atoms with Gasteiger partial charge in [0.15, 0.2) is 9.84 Å². The highest BCUT2D eigenvalue weighted by Crippen LogP contribution is 2.22. The molecule has 0 aromatic heterocycles. The van der Waals surface area contributed by atoms with E-state index in [1.807, 2.05) is 0 Å². The Labute approximate surface area is 122 Å². The molecule has 1 rings (SSSR count). The van der Waals surface area contributed by atoms with E-state index in [1.165, 1.54) is 6.26 Å². The third kappa shape index (κ3) is 5.05. The zero-order chi connectivity index (χ0) is 15.4. The number of nitrogens with one attached hydrogen (secondary N) is 2. The van der Waals surface area contributed by atoms with Gasteiger partial charge in [0.05, 0.1) is 4.75 Å². The van der Waals surface area contributed by atoms with Gasteiger partial charge in [-0.3, -0.25) is 4.79 Å². The lowest BCUT2D eigenvalue weighted by Gasteiger charge is -2.28. The fourth-order valence-corrected chi connectivity index (χ4v) is 2.67. The van der Waals surface area contributed by atoms with Crippen LogP contribution in [-0.4, -0.2) is 45.0 Å². The molecular formula is C14H28N2O3S. The molecule has 0 radical (unpaired) electrons. The summed E-state index contributed by atoms with van der Waals surface area (Å²) in [5.74, 6) is 0.807. The van der Waals surface area contributed by atoms with Crippen LogP contribution in [0.3, 0.4) is 0 Å². The Morgan fingerprint density at radius 1 is 1.45 bits per heavy atom. The molecule has 20 heavy (non-hydrogen) atoms. The first kappa shape index (κ1) is 17.4. The van der Waals surface area contributed by atoms with Crippen LogP contribution in [0.2, 0.25) is 0 Å². The van der Waals surface area contributed by atoms with Crippen molar-refractivity contribution >= 4 is 15.7 Å².